The van der Waals surface area contributed by atoms with Crippen LogP contribution in [-0.4, -0.2) is 37.6 Å². The molecule has 1 atom stereocenters. The molecule has 142 valence electrons. The second-order valence-electron chi connectivity index (χ2n) is 6.11. The summed E-state index contributed by atoms with van der Waals surface area (Å²) in [5.41, 5.74) is 2.52. The maximum atomic E-state index is 12.4. The molecule has 1 aliphatic rings. The smallest absolute Gasteiger partial charge is 0.252 e. The van der Waals surface area contributed by atoms with Crippen LogP contribution in [0.3, 0.4) is 0 Å². The summed E-state index contributed by atoms with van der Waals surface area (Å²) in [5, 5.41) is 6.39. The molecular weight excluding hydrogens is 373 g/mol. The van der Waals surface area contributed by atoms with E-state index in [1.165, 1.54) is 6.42 Å². The first-order chi connectivity index (χ1) is 11.8. The number of nitrogens with zero attached hydrogens (tertiary/aromatic N) is 1. The summed E-state index contributed by atoms with van der Waals surface area (Å²) in [4.78, 5) is 16.6. The molecule has 0 spiro atoms. The highest BCUT2D eigenvalue weighted by Gasteiger charge is 2.15. The number of nitrogens with one attached hydrogen (secondary N) is 2. The predicted molar refractivity (Wildman–Crippen MR) is 109 cm³/mol. The highest BCUT2D eigenvalue weighted by atomic mass is 35.5. The number of piperidine rings is 1. The van der Waals surface area contributed by atoms with E-state index in [0.29, 0.717) is 18.0 Å². The Hall–Kier alpha value is -1.82. The molecule has 2 aromatic rings. The van der Waals surface area contributed by atoms with Crippen molar-refractivity contribution in [3.05, 3.63) is 48.3 Å². The minimum absolute atomic E-state index is 0. The molecule has 1 amide bonds. The molecule has 2 N–H and O–H groups in total. The minimum Gasteiger partial charge on any atom is -0.497 e. The number of methoxy groups -OCH3 is 1. The van der Waals surface area contributed by atoms with Gasteiger partial charge in [0.25, 0.3) is 5.91 Å². The molecule has 0 radical (unpaired) electrons. The number of hydrogen-bond donors (Lipinski definition) is 2. The number of amides is 1. The first-order valence-electron chi connectivity index (χ1n) is 8.34. The van der Waals surface area contributed by atoms with Gasteiger partial charge in [-0.1, -0.05) is 12.1 Å². The number of ether oxygens (including phenoxy) is 1. The maximum Gasteiger partial charge on any atom is 0.252 e. The van der Waals surface area contributed by atoms with E-state index < -0.39 is 0 Å². The van der Waals surface area contributed by atoms with Crippen LogP contribution in [-0.2, 0) is 0 Å². The van der Waals surface area contributed by atoms with Gasteiger partial charge in [-0.05, 0) is 55.6 Å². The normalized spacial score (nSPS) is 16.0. The van der Waals surface area contributed by atoms with E-state index >= 15 is 0 Å². The molecule has 1 fully saturated rings. The molecule has 2 heterocycles. The molecule has 0 bridgehead atoms. The molecule has 1 aliphatic heterocycles. The van der Waals surface area contributed by atoms with Crippen LogP contribution in [0.2, 0.25) is 0 Å². The van der Waals surface area contributed by atoms with Crippen molar-refractivity contribution in [1.29, 1.82) is 0 Å². The third-order valence-corrected chi connectivity index (χ3v) is 4.37. The third kappa shape index (κ3) is 5.87. The minimum atomic E-state index is -0.0663. The van der Waals surface area contributed by atoms with Gasteiger partial charge >= 0.3 is 0 Å². The molecule has 7 heteroatoms. The van der Waals surface area contributed by atoms with Crippen LogP contribution >= 0.6 is 24.8 Å². The Morgan fingerprint density at radius 1 is 1.23 bits per heavy atom. The van der Waals surface area contributed by atoms with Gasteiger partial charge < -0.3 is 15.4 Å². The van der Waals surface area contributed by atoms with E-state index in [4.69, 9.17) is 4.74 Å². The van der Waals surface area contributed by atoms with E-state index in [-0.39, 0.29) is 30.7 Å². The number of hydrogen-bond acceptors (Lipinski definition) is 4. The fourth-order valence-electron chi connectivity index (χ4n) is 2.94. The Bertz CT molecular complexity index is 689. The van der Waals surface area contributed by atoms with Crippen molar-refractivity contribution in [2.75, 3.05) is 26.7 Å². The topological polar surface area (TPSA) is 63.2 Å². The Morgan fingerprint density at radius 3 is 2.65 bits per heavy atom. The van der Waals surface area contributed by atoms with Crippen molar-refractivity contribution in [3.8, 4) is 16.9 Å². The molecule has 1 aromatic heterocycles. The van der Waals surface area contributed by atoms with Gasteiger partial charge in [0.15, 0.2) is 0 Å². The number of carbonyl (C=O) groups excluding carboxylic acids is 1. The van der Waals surface area contributed by atoms with Crippen LogP contribution in [0.15, 0.2) is 42.7 Å². The summed E-state index contributed by atoms with van der Waals surface area (Å²) in [6, 6.07) is 9.61. The largest absolute Gasteiger partial charge is 0.497 e. The highest BCUT2D eigenvalue weighted by molar-refractivity contribution is 5.95. The molecule has 0 aliphatic carbocycles. The highest BCUT2D eigenvalue weighted by Crippen LogP contribution is 2.22. The van der Waals surface area contributed by atoms with Crippen LogP contribution in [0.5, 0.6) is 5.75 Å². The van der Waals surface area contributed by atoms with E-state index in [1.807, 2.05) is 30.3 Å². The van der Waals surface area contributed by atoms with Crippen LogP contribution < -0.4 is 15.4 Å². The van der Waals surface area contributed by atoms with Crippen molar-refractivity contribution >= 4 is 30.7 Å². The van der Waals surface area contributed by atoms with E-state index in [0.717, 1.165) is 36.4 Å². The lowest BCUT2D eigenvalue weighted by molar-refractivity contribution is 0.0944. The fraction of sp³-hybridized carbons (Fsp3) is 0.368. The van der Waals surface area contributed by atoms with E-state index in [1.54, 1.807) is 19.5 Å². The standard InChI is InChI=1S/C19H23N3O2.2ClH/c1-24-18-6-4-15(5-7-18)16-9-17(13-21-12-16)19(23)22-11-14-3-2-8-20-10-14;;/h4-7,9,12-14,20H,2-3,8,10-11H2,1H3,(H,22,23);2*1H. The molecular formula is C19H25Cl2N3O2. The van der Waals surface area contributed by atoms with Crippen LogP contribution in [0.1, 0.15) is 23.2 Å². The lowest BCUT2D eigenvalue weighted by Crippen LogP contribution is -2.38. The molecule has 3 rings (SSSR count). The summed E-state index contributed by atoms with van der Waals surface area (Å²) < 4.78 is 5.17. The SMILES string of the molecule is COc1ccc(-c2cncc(C(=O)NCC3CCCNC3)c2)cc1.Cl.Cl. The van der Waals surface area contributed by atoms with Gasteiger partial charge in [-0.15, -0.1) is 24.8 Å². The maximum absolute atomic E-state index is 12.4. The Kier molecular flexibility index (Phi) is 9.41. The van der Waals surface area contributed by atoms with Gasteiger partial charge in [-0.3, -0.25) is 9.78 Å². The van der Waals surface area contributed by atoms with Crippen molar-refractivity contribution < 1.29 is 9.53 Å². The molecule has 1 aromatic carbocycles. The number of pyridine rings is 1. The van der Waals surface area contributed by atoms with Gasteiger partial charge in [-0.25, -0.2) is 0 Å². The van der Waals surface area contributed by atoms with Crippen LogP contribution in [0.4, 0.5) is 0 Å². The number of rotatable bonds is 5. The van der Waals surface area contributed by atoms with E-state index in [2.05, 4.69) is 15.6 Å². The number of carbonyl (C=O) groups is 1. The second kappa shape index (κ2) is 11.0. The summed E-state index contributed by atoms with van der Waals surface area (Å²) in [7, 11) is 1.64. The number of aromatic nitrogens is 1. The van der Waals surface area contributed by atoms with Crippen molar-refractivity contribution in [3.63, 3.8) is 0 Å². The van der Waals surface area contributed by atoms with Gasteiger partial charge in [0.1, 0.15) is 5.75 Å². The Labute approximate surface area is 166 Å². The lowest BCUT2D eigenvalue weighted by Gasteiger charge is -2.22. The summed E-state index contributed by atoms with van der Waals surface area (Å²) in [6.45, 7) is 2.77. The summed E-state index contributed by atoms with van der Waals surface area (Å²) >= 11 is 0. The third-order valence-electron chi connectivity index (χ3n) is 4.37. The second-order valence-corrected chi connectivity index (χ2v) is 6.11. The summed E-state index contributed by atoms with van der Waals surface area (Å²) in [6.07, 6.45) is 5.72. The molecule has 5 nitrogen and oxygen atoms in total. The van der Waals surface area contributed by atoms with Gasteiger partial charge in [-0.2, -0.15) is 0 Å². The monoisotopic (exact) mass is 397 g/mol. The quantitative estimate of drug-likeness (QED) is 0.811. The average molecular weight is 398 g/mol. The van der Waals surface area contributed by atoms with Crippen LogP contribution in [0.25, 0.3) is 11.1 Å². The molecule has 26 heavy (non-hydrogen) atoms. The molecule has 0 saturated carbocycles. The van der Waals surface area contributed by atoms with Crippen molar-refractivity contribution in [2.24, 2.45) is 5.92 Å². The Balaban J connectivity index is 0.00000169. The fourth-order valence-corrected chi connectivity index (χ4v) is 2.94. The summed E-state index contributed by atoms with van der Waals surface area (Å²) in [5.74, 6) is 1.26. The van der Waals surface area contributed by atoms with E-state index in [9.17, 15) is 4.79 Å². The Morgan fingerprint density at radius 2 is 2.00 bits per heavy atom. The van der Waals surface area contributed by atoms with Crippen molar-refractivity contribution in [1.82, 2.24) is 15.6 Å². The average Bonchev–Trinajstić information content (AvgIpc) is 2.67. The van der Waals surface area contributed by atoms with Gasteiger partial charge in [0, 0.05) is 24.5 Å². The first kappa shape index (κ1) is 22.2. The van der Waals surface area contributed by atoms with Gasteiger partial charge in [0.2, 0.25) is 0 Å². The number of benzene rings is 1. The molecule has 1 unspecified atom stereocenters. The zero-order valence-corrected chi connectivity index (χ0v) is 16.4. The van der Waals surface area contributed by atoms with Crippen molar-refractivity contribution in [2.45, 2.75) is 12.8 Å². The predicted octanol–water partition coefficient (Wildman–Crippen LogP) is 3.33. The molecule has 1 saturated heterocycles. The lowest BCUT2D eigenvalue weighted by atomic mass is 9.99. The van der Waals surface area contributed by atoms with Crippen LogP contribution in [0, 0.1) is 5.92 Å². The van der Waals surface area contributed by atoms with Gasteiger partial charge in [0.05, 0.1) is 12.7 Å². The zero-order valence-electron chi connectivity index (χ0n) is 14.7. The first-order valence-corrected chi connectivity index (χ1v) is 8.34. The zero-order chi connectivity index (χ0) is 16.8. The number of halogens is 2.